The number of carbonyl (C=O) groups is 1. The van der Waals surface area contributed by atoms with Crippen LogP contribution < -0.4 is 10.2 Å². The Balaban J connectivity index is 2.50. The number of nitrogens with one attached hydrogen (secondary N) is 1. The minimum atomic E-state index is -0.0949. The van der Waals surface area contributed by atoms with E-state index in [-0.39, 0.29) is 11.9 Å². The van der Waals surface area contributed by atoms with Crippen molar-refractivity contribution in [1.29, 1.82) is 0 Å². The lowest BCUT2D eigenvalue weighted by Gasteiger charge is -2.33. The van der Waals surface area contributed by atoms with E-state index >= 15 is 0 Å². The number of rotatable bonds is 0. The molecule has 1 amide bonds. The third-order valence-electron chi connectivity index (χ3n) is 2.56. The summed E-state index contributed by atoms with van der Waals surface area (Å²) in [6, 6.07) is 5.96. The van der Waals surface area contributed by atoms with E-state index in [1.165, 1.54) is 0 Å². The van der Waals surface area contributed by atoms with E-state index in [4.69, 9.17) is 0 Å². The van der Waals surface area contributed by atoms with E-state index in [9.17, 15) is 4.79 Å². The van der Waals surface area contributed by atoms with Gasteiger partial charge < -0.3 is 10.2 Å². The summed E-state index contributed by atoms with van der Waals surface area (Å²) in [5.74, 6) is 0.0574. The lowest BCUT2D eigenvalue weighted by Crippen LogP contribution is -2.43. The highest BCUT2D eigenvalue weighted by atomic mass is 127. The molecule has 0 fully saturated rings. The molecule has 0 bridgehead atoms. The Morgan fingerprint density at radius 3 is 2.93 bits per heavy atom. The minimum absolute atomic E-state index is 0.0574. The fourth-order valence-electron chi connectivity index (χ4n) is 1.54. The molecule has 0 aliphatic carbocycles. The van der Waals surface area contributed by atoms with Crippen molar-refractivity contribution in [1.82, 2.24) is 0 Å². The van der Waals surface area contributed by atoms with Gasteiger partial charge in [-0.15, -0.1) is 0 Å². The quantitative estimate of drug-likeness (QED) is 0.744. The Morgan fingerprint density at radius 1 is 1.50 bits per heavy atom. The molecule has 1 aromatic rings. The van der Waals surface area contributed by atoms with Crippen molar-refractivity contribution in [3.05, 3.63) is 21.8 Å². The van der Waals surface area contributed by atoms with Crippen molar-refractivity contribution in [2.45, 2.75) is 13.0 Å². The summed E-state index contributed by atoms with van der Waals surface area (Å²) in [6.07, 6.45) is 0. The Hall–Kier alpha value is -0.780. The lowest BCUT2D eigenvalue weighted by atomic mass is 10.1. The van der Waals surface area contributed by atoms with Crippen molar-refractivity contribution in [2.75, 3.05) is 17.3 Å². The largest absolute Gasteiger partial charge is 0.361 e. The van der Waals surface area contributed by atoms with Gasteiger partial charge in [-0.1, -0.05) is 0 Å². The van der Waals surface area contributed by atoms with Crippen molar-refractivity contribution < 1.29 is 4.79 Å². The summed E-state index contributed by atoms with van der Waals surface area (Å²) in [7, 11) is 1.94. The third-order valence-corrected chi connectivity index (χ3v) is 3.23. The maximum absolute atomic E-state index is 11.5. The normalized spacial score (nSPS) is 20.4. The molecule has 1 atom stereocenters. The van der Waals surface area contributed by atoms with Crippen molar-refractivity contribution in [3.8, 4) is 0 Å². The molecule has 3 nitrogen and oxygen atoms in total. The summed E-state index contributed by atoms with van der Waals surface area (Å²) in [5, 5.41) is 2.90. The minimum Gasteiger partial charge on any atom is -0.361 e. The molecule has 4 heteroatoms. The van der Waals surface area contributed by atoms with Crippen LogP contribution in [-0.4, -0.2) is 19.0 Å². The maximum Gasteiger partial charge on any atom is 0.246 e. The molecule has 1 aromatic carbocycles. The van der Waals surface area contributed by atoms with Gasteiger partial charge in [-0.2, -0.15) is 0 Å². The molecular weight excluding hydrogens is 291 g/mol. The molecule has 0 radical (unpaired) electrons. The van der Waals surface area contributed by atoms with Crippen molar-refractivity contribution >= 4 is 39.9 Å². The lowest BCUT2D eigenvalue weighted by molar-refractivity contribution is -0.117. The number of nitrogens with zero attached hydrogens (tertiary/aromatic N) is 1. The first-order chi connectivity index (χ1) is 6.59. The first-order valence-corrected chi connectivity index (χ1v) is 5.50. The number of anilines is 2. The monoisotopic (exact) mass is 302 g/mol. The molecule has 1 heterocycles. The fraction of sp³-hybridized carbons (Fsp3) is 0.300. The van der Waals surface area contributed by atoms with E-state index in [0.717, 1.165) is 14.9 Å². The number of fused-ring (bicyclic) bond motifs is 1. The van der Waals surface area contributed by atoms with Gasteiger partial charge in [0.15, 0.2) is 0 Å². The first kappa shape index (κ1) is 9.76. The van der Waals surface area contributed by atoms with Crippen LogP contribution in [0.15, 0.2) is 18.2 Å². The number of benzene rings is 1. The van der Waals surface area contributed by atoms with Crippen LogP contribution >= 0.6 is 22.6 Å². The van der Waals surface area contributed by atoms with E-state index in [0.29, 0.717) is 0 Å². The molecule has 0 aromatic heterocycles. The van der Waals surface area contributed by atoms with Gasteiger partial charge in [0.2, 0.25) is 5.91 Å². The van der Waals surface area contributed by atoms with Gasteiger partial charge >= 0.3 is 0 Å². The number of hydrogen-bond acceptors (Lipinski definition) is 2. The van der Waals surface area contributed by atoms with Crippen molar-refractivity contribution in [3.63, 3.8) is 0 Å². The molecule has 2 rings (SSSR count). The predicted octanol–water partition coefficient (Wildman–Crippen LogP) is 2.07. The number of halogens is 1. The highest BCUT2D eigenvalue weighted by Gasteiger charge is 2.26. The average Bonchev–Trinajstić information content (AvgIpc) is 2.14. The molecule has 0 saturated heterocycles. The standard InChI is InChI=1S/C10H11IN2O/c1-6-10(14)12-8-5-7(11)3-4-9(8)13(6)2/h3-6H,1-2H3,(H,12,14). The van der Waals surface area contributed by atoms with Crippen LogP contribution in [-0.2, 0) is 4.79 Å². The second-order valence-corrected chi connectivity index (χ2v) is 4.68. The van der Waals surface area contributed by atoms with Crippen molar-refractivity contribution in [2.24, 2.45) is 0 Å². The number of likely N-dealkylation sites (N-methyl/N-ethyl adjacent to an activating group) is 1. The van der Waals surface area contributed by atoms with E-state index in [1.54, 1.807) is 0 Å². The van der Waals surface area contributed by atoms with Gasteiger partial charge in [-0.25, -0.2) is 0 Å². The molecule has 1 aliphatic heterocycles. The van der Waals surface area contributed by atoms with Gasteiger partial charge in [0.1, 0.15) is 6.04 Å². The van der Waals surface area contributed by atoms with Gasteiger partial charge in [-0.3, -0.25) is 4.79 Å². The zero-order valence-electron chi connectivity index (χ0n) is 8.04. The zero-order valence-corrected chi connectivity index (χ0v) is 10.2. The summed E-state index contributed by atoms with van der Waals surface area (Å²) in [6.45, 7) is 1.90. The van der Waals surface area contributed by atoms with Crippen LogP contribution in [0.5, 0.6) is 0 Å². The van der Waals surface area contributed by atoms with Crippen LogP contribution in [0.2, 0.25) is 0 Å². The van der Waals surface area contributed by atoms with Crippen LogP contribution in [0, 0.1) is 3.57 Å². The second-order valence-electron chi connectivity index (χ2n) is 3.44. The van der Waals surface area contributed by atoms with Crippen LogP contribution in [0.3, 0.4) is 0 Å². The fourth-order valence-corrected chi connectivity index (χ4v) is 2.03. The van der Waals surface area contributed by atoms with E-state index < -0.39 is 0 Å². The van der Waals surface area contributed by atoms with E-state index in [2.05, 4.69) is 27.9 Å². The predicted molar refractivity (Wildman–Crippen MR) is 65.7 cm³/mol. The maximum atomic E-state index is 11.5. The van der Waals surface area contributed by atoms with Gasteiger partial charge in [0.25, 0.3) is 0 Å². The zero-order chi connectivity index (χ0) is 10.3. The van der Waals surface area contributed by atoms with Crippen LogP contribution in [0.4, 0.5) is 11.4 Å². The van der Waals surface area contributed by atoms with Crippen LogP contribution in [0.1, 0.15) is 6.92 Å². The number of carbonyl (C=O) groups excluding carboxylic acids is 1. The molecular formula is C10H11IN2O. The topological polar surface area (TPSA) is 32.3 Å². The molecule has 14 heavy (non-hydrogen) atoms. The highest BCUT2D eigenvalue weighted by molar-refractivity contribution is 14.1. The number of hydrogen-bond donors (Lipinski definition) is 1. The Labute approximate surface area is 96.6 Å². The summed E-state index contributed by atoms with van der Waals surface area (Å²) in [5.41, 5.74) is 1.99. The molecule has 1 N–H and O–H groups in total. The average molecular weight is 302 g/mol. The SMILES string of the molecule is CC1C(=O)Nc2cc(I)ccc2N1C. The smallest absolute Gasteiger partial charge is 0.246 e. The second kappa shape index (κ2) is 3.42. The third kappa shape index (κ3) is 1.47. The Morgan fingerprint density at radius 2 is 2.21 bits per heavy atom. The summed E-state index contributed by atoms with van der Waals surface area (Å²) in [4.78, 5) is 13.5. The summed E-state index contributed by atoms with van der Waals surface area (Å²) >= 11 is 2.24. The highest BCUT2D eigenvalue weighted by Crippen LogP contribution is 2.31. The summed E-state index contributed by atoms with van der Waals surface area (Å²) < 4.78 is 1.13. The van der Waals surface area contributed by atoms with Crippen LogP contribution in [0.25, 0.3) is 0 Å². The van der Waals surface area contributed by atoms with E-state index in [1.807, 2.05) is 37.1 Å². The van der Waals surface area contributed by atoms with Gasteiger partial charge in [-0.05, 0) is 47.7 Å². The van der Waals surface area contributed by atoms with Gasteiger partial charge in [0, 0.05) is 10.6 Å². The Bertz CT molecular complexity index is 392. The first-order valence-electron chi connectivity index (χ1n) is 4.43. The molecule has 74 valence electrons. The molecule has 1 unspecified atom stereocenters. The van der Waals surface area contributed by atoms with Gasteiger partial charge in [0.05, 0.1) is 11.4 Å². The Kier molecular flexibility index (Phi) is 2.38. The molecule has 0 spiro atoms. The number of amides is 1. The molecule has 0 saturated carbocycles. The molecule has 1 aliphatic rings.